The molecular weight excluding hydrogens is 274 g/mol. The standard InChI is InChI=1S/C19H19NO2/c1-15(21)13-14-20-19(22)12-9-16-7-10-18(11-8-16)17-5-3-2-4-6-17/h2-12H,13-14H2,1H3,(H,20,22)/b12-9+. The summed E-state index contributed by atoms with van der Waals surface area (Å²) in [6.07, 6.45) is 3.61. The fourth-order valence-corrected chi connectivity index (χ4v) is 2.01. The zero-order chi connectivity index (χ0) is 15.8. The summed E-state index contributed by atoms with van der Waals surface area (Å²) in [5.74, 6) is -0.117. The molecule has 0 aliphatic carbocycles. The van der Waals surface area contributed by atoms with Gasteiger partial charge in [-0.2, -0.15) is 0 Å². The van der Waals surface area contributed by atoms with Crippen molar-refractivity contribution in [2.24, 2.45) is 0 Å². The average molecular weight is 293 g/mol. The first-order valence-electron chi connectivity index (χ1n) is 7.26. The number of Topliss-reactive ketones (excluding diaryl/α,β-unsaturated/α-hetero) is 1. The fourth-order valence-electron chi connectivity index (χ4n) is 2.01. The first-order chi connectivity index (χ1) is 10.6. The molecule has 0 fully saturated rings. The number of amides is 1. The summed E-state index contributed by atoms with van der Waals surface area (Å²) in [6.45, 7) is 1.89. The Kier molecular flexibility index (Phi) is 5.66. The minimum absolute atomic E-state index is 0.0702. The third-order valence-electron chi connectivity index (χ3n) is 3.22. The molecule has 1 N–H and O–H groups in total. The Bertz CT molecular complexity index is 658. The minimum atomic E-state index is -0.187. The molecule has 0 heterocycles. The molecule has 0 atom stereocenters. The van der Waals surface area contributed by atoms with Crippen LogP contribution >= 0.6 is 0 Å². The molecule has 2 aromatic rings. The predicted octanol–water partition coefficient (Wildman–Crippen LogP) is 3.46. The molecule has 2 aromatic carbocycles. The number of hydrogen-bond donors (Lipinski definition) is 1. The second kappa shape index (κ2) is 7.93. The van der Waals surface area contributed by atoms with Gasteiger partial charge in [0.2, 0.25) is 5.91 Å². The van der Waals surface area contributed by atoms with E-state index in [0.717, 1.165) is 11.1 Å². The molecule has 3 nitrogen and oxygen atoms in total. The van der Waals surface area contributed by atoms with E-state index in [4.69, 9.17) is 0 Å². The van der Waals surface area contributed by atoms with Gasteiger partial charge in [0, 0.05) is 19.0 Å². The third kappa shape index (κ3) is 5.02. The summed E-state index contributed by atoms with van der Waals surface area (Å²) >= 11 is 0. The molecule has 0 aliphatic rings. The van der Waals surface area contributed by atoms with Gasteiger partial charge in [-0.05, 0) is 29.7 Å². The highest BCUT2D eigenvalue weighted by Crippen LogP contribution is 2.19. The molecule has 22 heavy (non-hydrogen) atoms. The maximum absolute atomic E-state index is 11.6. The van der Waals surface area contributed by atoms with E-state index in [2.05, 4.69) is 17.4 Å². The molecule has 2 rings (SSSR count). The highest BCUT2D eigenvalue weighted by Gasteiger charge is 1.98. The van der Waals surface area contributed by atoms with E-state index in [9.17, 15) is 9.59 Å². The average Bonchev–Trinajstić information content (AvgIpc) is 2.54. The normalized spacial score (nSPS) is 10.6. The zero-order valence-corrected chi connectivity index (χ0v) is 12.6. The molecule has 0 spiro atoms. The van der Waals surface area contributed by atoms with Gasteiger partial charge < -0.3 is 5.32 Å². The van der Waals surface area contributed by atoms with E-state index in [1.54, 1.807) is 6.08 Å². The van der Waals surface area contributed by atoms with Crippen molar-refractivity contribution in [3.8, 4) is 11.1 Å². The number of carbonyl (C=O) groups excluding carboxylic acids is 2. The van der Waals surface area contributed by atoms with Crippen molar-refractivity contribution in [1.82, 2.24) is 5.32 Å². The number of hydrogen-bond acceptors (Lipinski definition) is 2. The van der Waals surface area contributed by atoms with Gasteiger partial charge in [0.1, 0.15) is 5.78 Å². The van der Waals surface area contributed by atoms with Crippen LogP contribution in [0.3, 0.4) is 0 Å². The van der Waals surface area contributed by atoms with E-state index >= 15 is 0 Å². The largest absolute Gasteiger partial charge is 0.352 e. The summed E-state index contributed by atoms with van der Waals surface area (Å²) in [4.78, 5) is 22.4. The quantitative estimate of drug-likeness (QED) is 0.829. The molecule has 0 aromatic heterocycles. The summed E-state index contributed by atoms with van der Waals surface area (Å²) < 4.78 is 0. The van der Waals surface area contributed by atoms with E-state index in [-0.39, 0.29) is 11.7 Å². The van der Waals surface area contributed by atoms with Gasteiger partial charge in [-0.15, -0.1) is 0 Å². The third-order valence-corrected chi connectivity index (χ3v) is 3.22. The van der Waals surface area contributed by atoms with Gasteiger partial charge in [-0.25, -0.2) is 0 Å². The molecule has 3 heteroatoms. The topological polar surface area (TPSA) is 46.2 Å². The lowest BCUT2D eigenvalue weighted by molar-refractivity contribution is -0.117. The van der Waals surface area contributed by atoms with Crippen LogP contribution in [0.25, 0.3) is 17.2 Å². The van der Waals surface area contributed by atoms with Crippen LogP contribution in [0.1, 0.15) is 18.9 Å². The van der Waals surface area contributed by atoms with Crippen LogP contribution in [-0.4, -0.2) is 18.2 Å². The lowest BCUT2D eigenvalue weighted by Gasteiger charge is -2.02. The van der Waals surface area contributed by atoms with Crippen molar-refractivity contribution in [1.29, 1.82) is 0 Å². The van der Waals surface area contributed by atoms with Crippen LogP contribution in [0.5, 0.6) is 0 Å². The monoisotopic (exact) mass is 293 g/mol. The van der Waals surface area contributed by atoms with Gasteiger partial charge in [0.25, 0.3) is 0 Å². The fraction of sp³-hybridized carbons (Fsp3) is 0.158. The summed E-state index contributed by atoms with van der Waals surface area (Å²) in [6, 6.07) is 18.1. The molecule has 0 saturated carbocycles. The summed E-state index contributed by atoms with van der Waals surface area (Å²) in [5, 5.41) is 2.67. The van der Waals surface area contributed by atoms with Crippen molar-refractivity contribution in [2.75, 3.05) is 6.54 Å². The number of rotatable bonds is 6. The smallest absolute Gasteiger partial charge is 0.244 e. The minimum Gasteiger partial charge on any atom is -0.352 e. The molecule has 1 amide bonds. The number of carbonyl (C=O) groups is 2. The lowest BCUT2D eigenvalue weighted by Crippen LogP contribution is -2.23. The molecular formula is C19H19NO2. The maximum atomic E-state index is 11.6. The van der Waals surface area contributed by atoms with Gasteiger partial charge >= 0.3 is 0 Å². The van der Waals surface area contributed by atoms with E-state index in [0.29, 0.717) is 13.0 Å². The number of nitrogens with one attached hydrogen (secondary N) is 1. The number of ketones is 1. The predicted molar refractivity (Wildman–Crippen MR) is 89.2 cm³/mol. The van der Waals surface area contributed by atoms with Crippen LogP contribution in [0, 0.1) is 0 Å². The Balaban J connectivity index is 1.92. The van der Waals surface area contributed by atoms with Crippen LogP contribution < -0.4 is 5.32 Å². The van der Waals surface area contributed by atoms with Crippen LogP contribution in [0.15, 0.2) is 60.7 Å². The first-order valence-corrected chi connectivity index (χ1v) is 7.26. The van der Waals surface area contributed by atoms with E-state index in [1.165, 1.54) is 18.6 Å². The first kappa shape index (κ1) is 15.7. The van der Waals surface area contributed by atoms with Crippen LogP contribution in [0.2, 0.25) is 0 Å². The second-order valence-corrected chi connectivity index (χ2v) is 5.06. The SMILES string of the molecule is CC(=O)CCNC(=O)/C=C/c1ccc(-c2ccccc2)cc1. The van der Waals surface area contributed by atoms with Gasteiger partial charge in [0.05, 0.1) is 0 Å². The Labute approximate surface area is 130 Å². The Morgan fingerprint density at radius 1 is 0.955 bits per heavy atom. The summed E-state index contributed by atoms with van der Waals surface area (Å²) in [5.41, 5.74) is 3.27. The Morgan fingerprint density at radius 2 is 1.59 bits per heavy atom. The van der Waals surface area contributed by atoms with E-state index in [1.807, 2.05) is 42.5 Å². The molecule has 112 valence electrons. The van der Waals surface area contributed by atoms with Crippen molar-refractivity contribution in [3.05, 3.63) is 66.2 Å². The van der Waals surface area contributed by atoms with Crippen molar-refractivity contribution >= 4 is 17.8 Å². The summed E-state index contributed by atoms with van der Waals surface area (Å²) in [7, 11) is 0. The van der Waals surface area contributed by atoms with Gasteiger partial charge in [-0.3, -0.25) is 9.59 Å². The van der Waals surface area contributed by atoms with E-state index < -0.39 is 0 Å². The van der Waals surface area contributed by atoms with Crippen molar-refractivity contribution < 1.29 is 9.59 Å². The highest BCUT2D eigenvalue weighted by molar-refractivity contribution is 5.92. The molecule has 0 unspecified atom stereocenters. The Hall–Kier alpha value is -2.68. The second-order valence-electron chi connectivity index (χ2n) is 5.06. The lowest BCUT2D eigenvalue weighted by atomic mass is 10.0. The van der Waals surface area contributed by atoms with Crippen molar-refractivity contribution in [2.45, 2.75) is 13.3 Å². The molecule has 0 radical (unpaired) electrons. The van der Waals surface area contributed by atoms with Gasteiger partial charge in [0.15, 0.2) is 0 Å². The highest BCUT2D eigenvalue weighted by atomic mass is 16.1. The maximum Gasteiger partial charge on any atom is 0.244 e. The Morgan fingerprint density at radius 3 is 2.23 bits per heavy atom. The molecule has 0 aliphatic heterocycles. The molecule has 0 bridgehead atoms. The zero-order valence-electron chi connectivity index (χ0n) is 12.6. The van der Waals surface area contributed by atoms with Gasteiger partial charge in [-0.1, -0.05) is 54.6 Å². The van der Waals surface area contributed by atoms with Crippen LogP contribution in [-0.2, 0) is 9.59 Å². The number of benzene rings is 2. The molecule has 0 saturated heterocycles. The van der Waals surface area contributed by atoms with Crippen molar-refractivity contribution in [3.63, 3.8) is 0 Å². The van der Waals surface area contributed by atoms with Crippen LogP contribution in [0.4, 0.5) is 0 Å².